The molecule has 0 amide bonds. The van der Waals surface area contributed by atoms with Crippen LogP contribution in [0.15, 0.2) is 23.8 Å². The first-order valence-electron chi connectivity index (χ1n) is 5.99. The van der Waals surface area contributed by atoms with Gasteiger partial charge in [0, 0.05) is 25.7 Å². The van der Waals surface area contributed by atoms with Gasteiger partial charge in [0.15, 0.2) is 5.96 Å². The van der Waals surface area contributed by atoms with E-state index in [1.807, 2.05) is 0 Å². The molecule has 1 aromatic heterocycles. The molecule has 0 aliphatic carbocycles. The third kappa shape index (κ3) is 3.09. The van der Waals surface area contributed by atoms with Crippen LogP contribution in [0.2, 0.25) is 0 Å². The molecule has 0 spiro atoms. The number of fused-ring (bicyclic) bond motifs is 1. The van der Waals surface area contributed by atoms with Crippen LogP contribution in [0.5, 0.6) is 0 Å². The molecule has 1 aliphatic rings. The van der Waals surface area contributed by atoms with E-state index in [-0.39, 0.29) is 0 Å². The molecule has 2 heterocycles. The van der Waals surface area contributed by atoms with Crippen LogP contribution in [-0.4, -0.2) is 22.1 Å². The monoisotopic (exact) mass is 233 g/mol. The number of aryl methyl sites for hydroxylation is 2. The SMILES string of the molecule is C=CCNC(N)=NCc1cn2c(n1)CCCC2. The van der Waals surface area contributed by atoms with Gasteiger partial charge in [-0.3, -0.25) is 0 Å². The molecule has 5 nitrogen and oxygen atoms in total. The molecule has 1 aliphatic heterocycles. The minimum atomic E-state index is 0.441. The first-order chi connectivity index (χ1) is 8.29. The van der Waals surface area contributed by atoms with Crippen molar-refractivity contribution in [2.24, 2.45) is 10.7 Å². The Balaban J connectivity index is 1.94. The molecule has 0 atom stereocenters. The Kier molecular flexibility index (Phi) is 3.80. The third-order valence-electron chi connectivity index (χ3n) is 2.80. The minimum absolute atomic E-state index is 0.441. The first-order valence-corrected chi connectivity index (χ1v) is 5.99. The fourth-order valence-corrected chi connectivity index (χ4v) is 1.95. The summed E-state index contributed by atoms with van der Waals surface area (Å²) in [6.07, 6.45) is 7.39. The van der Waals surface area contributed by atoms with Gasteiger partial charge >= 0.3 is 0 Å². The lowest BCUT2D eigenvalue weighted by atomic mass is 10.2. The number of hydrogen-bond acceptors (Lipinski definition) is 2. The Bertz CT molecular complexity index is 395. The molecule has 5 heteroatoms. The van der Waals surface area contributed by atoms with Crippen LogP contribution in [-0.2, 0) is 19.5 Å². The molecule has 0 fully saturated rings. The predicted octanol–water partition coefficient (Wildman–Crippen LogP) is 0.810. The van der Waals surface area contributed by atoms with Crippen molar-refractivity contribution >= 4 is 5.96 Å². The largest absolute Gasteiger partial charge is 0.370 e. The van der Waals surface area contributed by atoms with Gasteiger partial charge in [-0.15, -0.1) is 6.58 Å². The number of nitrogens with two attached hydrogens (primary N) is 1. The molecule has 0 saturated carbocycles. The maximum Gasteiger partial charge on any atom is 0.189 e. The van der Waals surface area contributed by atoms with Crippen molar-refractivity contribution < 1.29 is 0 Å². The second-order valence-electron chi connectivity index (χ2n) is 4.17. The highest BCUT2D eigenvalue weighted by molar-refractivity contribution is 5.77. The van der Waals surface area contributed by atoms with Gasteiger partial charge in [0.2, 0.25) is 0 Å². The highest BCUT2D eigenvalue weighted by Crippen LogP contribution is 2.14. The van der Waals surface area contributed by atoms with Crippen molar-refractivity contribution in [3.05, 3.63) is 30.4 Å². The predicted molar refractivity (Wildman–Crippen MR) is 68.7 cm³/mol. The minimum Gasteiger partial charge on any atom is -0.370 e. The normalized spacial score (nSPS) is 15.4. The zero-order valence-corrected chi connectivity index (χ0v) is 10.0. The number of guanidine groups is 1. The van der Waals surface area contributed by atoms with E-state index in [1.165, 1.54) is 18.7 Å². The number of aromatic nitrogens is 2. The summed E-state index contributed by atoms with van der Waals surface area (Å²) in [7, 11) is 0. The average molecular weight is 233 g/mol. The van der Waals surface area contributed by atoms with Crippen LogP contribution in [0.1, 0.15) is 24.4 Å². The van der Waals surface area contributed by atoms with Crippen LogP contribution in [0.3, 0.4) is 0 Å². The van der Waals surface area contributed by atoms with Gasteiger partial charge < -0.3 is 15.6 Å². The van der Waals surface area contributed by atoms with E-state index in [2.05, 4.69) is 32.6 Å². The molecule has 0 bridgehead atoms. The Labute approximate surface area is 101 Å². The summed E-state index contributed by atoms with van der Waals surface area (Å²) >= 11 is 0. The van der Waals surface area contributed by atoms with E-state index >= 15 is 0 Å². The van der Waals surface area contributed by atoms with Gasteiger partial charge in [0.05, 0.1) is 12.2 Å². The summed E-state index contributed by atoms with van der Waals surface area (Å²) in [6.45, 7) is 5.86. The van der Waals surface area contributed by atoms with Crippen molar-refractivity contribution in [3.63, 3.8) is 0 Å². The molecule has 2 rings (SSSR count). The smallest absolute Gasteiger partial charge is 0.189 e. The Morgan fingerprint density at radius 3 is 3.29 bits per heavy atom. The number of rotatable bonds is 4. The lowest BCUT2D eigenvalue weighted by molar-refractivity contribution is 0.522. The molecule has 0 aromatic carbocycles. The zero-order valence-electron chi connectivity index (χ0n) is 10.0. The van der Waals surface area contributed by atoms with E-state index in [1.54, 1.807) is 6.08 Å². The topological polar surface area (TPSA) is 68.2 Å². The average Bonchev–Trinajstić information content (AvgIpc) is 2.76. The van der Waals surface area contributed by atoms with Gasteiger partial charge in [-0.05, 0) is 12.8 Å². The molecular formula is C12H19N5. The molecule has 0 radical (unpaired) electrons. The summed E-state index contributed by atoms with van der Waals surface area (Å²) in [5.41, 5.74) is 6.68. The molecule has 17 heavy (non-hydrogen) atoms. The van der Waals surface area contributed by atoms with Gasteiger partial charge in [-0.2, -0.15) is 0 Å². The lowest BCUT2D eigenvalue weighted by Gasteiger charge is -2.11. The highest BCUT2D eigenvalue weighted by atomic mass is 15.1. The molecule has 3 N–H and O–H groups in total. The van der Waals surface area contributed by atoms with Crippen molar-refractivity contribution in [1.82, 2.24) is 14.9 Å². The van der Waals surface area contributed by atoms with Crippen molar-refractivity contribution in [3.8, 4) is 0 Å². The van der Waals surface area contributed by atoms with Crippen LogP contribution >= 0.6 is 0 Å². The molecule has 92 valence electrons. The Morgan fingerprint density at radius 1 is 1.65 bits per heavy atom. The molecular weight excluding hydrogens is 214 g/mol. The molecule has 1 aromatic rings. The number of nitrogens with zero attached hydrogens (tertiary/aromatic N) is 3. The summed E-state index contributed by atoms with van der Waals surface area (Å²) in [6, 6.07) is 0. The second kappa shape index (κ2) is 5.52. The van der Waals surface area contributed by atoms with Crippen LogP contribution < -0.4 is 11.1 Å². The van der Waals surface area contributed by atoms with Gasteiger partial charge in [0.1, 0.15) is 5.82 Å². The fraction of sp³-hybridized carbons (Fsp3) is 0.500. The van der Waals surface area contributed by atoms with E-state index in [4.69, 9.17) is 5.73 Å². The summed E-state index contributed by atoms with van der Waals surface area (Å²) in [5.74, 6) is 1.62. The summed E-state index contributed by atoms with van der Waals surface area (Å²) < 4.78 is 2.22. The molecule has 0 saturated heterocycles. The van der Waals surface area contributed by atoms with Crippen molar-refractivity contribution in [2.75, 3.05) is 6.54 Å². The number of imidazole rings is 1. The van der Waals surface area contributed by atoms with E-state index in [0.29, 0.717) is 19.0 Å². The fourth-order valence-electron chi connectivity index (χ4n) is 1.95. The Morgan fingerprint density at radius 2 is 2.53 bits per heavy atom. The Hall–Kier alpha value is -1.78. The second-order valence-corrected chi connectivity index (χ2v) is 4.17. The zero-order chi connectivity index (χ0) is 12.1. The number of nitrogens with one attached hydrogen (secondary N) is 1. The number of aliphatic imine (C=N–C) groups is 1. The molecule has 0 unspecified atom stereocenters. The first kappa shape index (κ1) is 11.7. The van der Waals surface area contributed by atoms with Crippen molar-refractivity contribution in [1.29, 1.82) is 0 Å². The maximum absolute atomic E-state index is 5.69. The van der Waals surface area contributed by atoms with E-state index in [9.17, 15) is 0 Å². The summed E-state index contributed by atoms with van der Waals surface area (Å²) in [5, 5.41) is 2.94. The summed E-state index contributed by atoms with van der Waals surface area (Å²) in [4.78, 5) is 8.79. The standard InChI is InChI=1S/C12H19N5/c1-2-6-14-12(13)15-8-10-9-17-7-4-3-5-11(17)16-10/h2,9H,1,3-8H2,(H3,13,14,15). The van der Waals surface area contributed by atoms with Crippen molar-refractivity contribution in [2.45, 2.75) is 32.4 Å². The van der Waals surface area contributed by atoms with Gasteiger partial charge in [-0.1, -0.05) is 6.08 Å². The van der Waals surface area contributed by atoms with Crippen LogP contribution in [0.4, 0.5) is 0 Å². The lowest BCUT2D eigenvalue weighted by Crippen LogP contribution is -2.31. The van der Waals surface area contributed by atoms with E-state index < -0.39 is 0 Å². The van der Waals surface area contributed by atoms with Crippen LogP contribution in [0, 0.1) is 0 Å². The van der Waals surface area contributed by atoms with Gasteiger partial charge in [-0.25, -0.2) is 9.98 Å². The van der Waals surface area contributed by atoms with E-state index in [0.717, 1.165) is 18.7 Å². The number of hydrogen-bond donors (Lipinski definition) is 2. The maximum atomic E-state index is 5.69. The van der Waals surface area contributed by atoms with Gasteiger partial charge in [0.25, 0.3) is 0 Å². The quantitative estimate of drug-likeness (QED) is 0.459. The highest BCUT2D eigenvalue weighted by Gasteiger charge is 2.11. The van der Waals surface area contributed by atoms with Crippen LogP contribution in [0.25, 0.3) is 0 Å². The third-order valence-corrected chi connectivity index (χ3v) is 2.80.